The first-order chi connectivity index (χ1) is 17.3. The van der Waals surface area contributed by atoms with Gasteiger partial charge in [-0.15, -0.1) is 0 Å². The van der Waals surface area contributed by atoms with E-state index < -0.39 is 0 Å². The van der Waals surface area contributed by atoms with Gasteiger partial charge in [-0.25, -0.2) is 0 Å². The van der Waals surface area contributed by atoms with E-state index in [4.69, 9.17) is 4.74 Å². The van der Waals surface area contributed by atoms with Crippen molar-refractivity contribution >= 4 is 82.2 Å². The number of hydrogen-bond acceptors (Lipinski definition) is 2. The number of benzene rings is 4. The van der Waals surface area contributed by atoms with Crippen LogP contribution in [0.25, 0.3) is 0 Å². The quantitative estimate of drug-likeness (QED) is 0.273. The molecule has 1 aliphatic carbocycles. The Bertz CT molecular complexity index is 1560. The Balaban J connectivity index is 1.31. The van der Waals surface area contributed by atoms with Gasteiger partial charge in [0.05, 0.1) is 0 Å². The van der Waals surface area contributed by atoms with Gasteiger partial charge in [-0.05, 0) is 0 Å². The maximum atomic E-state index is 6.38. The molecule has 168 valence electrons. The summed E-state index contributed by atoms with van der Waals surface area (Å²) in [6, 6.07) is 32.0. The van der Waals surface area contributed by atoms with Crippen LogP contribution in [0.4, 0.5) is 11.4 Å². The van der Waals surface area contributed by atoms with Gasteiger partial charge in [0.25, 0.3) is 0 Å². The van der Waals surface area contributed by atoms with Crippen molar-refractivity contribution < 1.29 is 4.74 Å². The first-order valence-electron chi connectivity index (χ1n) is 12.4. The molecule has 3 heterocycles. The first-order valence-corrected chi connectivity index (χ1v) is 15.8. The topological polar surface area (TPSA) is 12.5 Å². The Labute approximate surface area is 218 Å². The Morgan fingerprint density at radius 2 is 1.43 bits per heavy atom. The predicted octanol–water partition coefficient (Wildman–Crippen LogP) is 1.46. The summed E-state index contributed by atoms with van der Waals surface area (Å²) in [6.45, 7) is 0.370. The Kier molecular flexibility index (Phi) is 4.64. The minimum absolute atomic E-state index is 0.311. The molecule has 8 rings (SSSR count). The van der Waals surface area contributed by atoms with Crippen molar-refractivity contribution in [2.75, 3.05) is 4.90 Å². The van der Waals surface area contributed by atoms with Crippen LogP contribution in [0, 0.1) is 0 Å². The van der Waals surface area contributed by atoms with Crippen LogP contribution in [0.15, 0.2) is 96.4 Å². The molecule has 0 saturated heterocycles. The van der Waals surface area contributed by atoms with Crippen molar-refractivity contribution in [1.29, 1.82) is 0 Å². The first kappa shape index (κ1) is 20.5. The van der Waals surface area contributed by atoms with Crippen molar-refractivity contribution in [3.8, 4) is 5.75 Å². The summed E-state index contributed by atoms with van der Waals surface area (Å²) in [5.41, 5.74) is 8.45. The number of para-hydroxylation sites is 2. The average Bonchev–Trinajstić information content (AvgIpc) is 2.91. The predicted molar refractivity (Wildman–Crippen MR) is 149 cm³/mol. The minimum atomic E-state index is 0.311. The third-order valence-corrected chi connectivity index (χ3v) is 12.4. The fourth-order valence-electron chi connectivity index (χ4n) is 6.01. The zero-order valence-electron chi connectivity index (χ0n) is 19.2. The summed E-state index contributed by atoms with van der Waals surface area (Å²) in [5.74, 6) is 2.14. The SMILES string of the molecule is c1ccc2c(c1)OC1=C(CCCC1)N2c1ccc2c(c1)[Se]c1cccc3c1B2c1ccccc1[Se]3. The van der Waals surface area contributed by atoms with Gasteiger partial charge in [-0.1, -0.05) is 0 Å². The molecule has 4 aliphatic rings. The van der Waals surface area contributed by atoms with Crippen LogP contribution in [0.2, 0.25) is 0 Å². The van der Waals surface area contributed by atoms with E-state index >= 15 is 0 Å². The molecule has 0 atom stereocenters. The van der Waals surface area contributed by atoms with Crippen molar-refractivity contribution in [2.24, 2.45) is 0 Å². The Hall–Kier alpha value is -2.68. The molecule has 0 amide bonds. The standard InChI is InChI=1S/C30H22BNOSe2/c1-6-13-26-20(8-1)31-21-17-16-19(18-29(21)35-28-15-7-14-27(34-26)30(28)31)32-22-9-2-4-11-24(22)33-25-12-5-3-10-23(25)32/h1-2,4,6-9,11,13-18H,3,5,10,12H2. The summed E-state index contributed by atoms with van der Waals surface area (Å²) < 4.78 is 12.6. The van der Waals surface area contributed by atoms with E-state index in [1.165, 1.54) is 49.8 Å². The normalized spacial score (nSPS) is 17.0. The van der Waals surface area contributed by atoms with Crippen LogP contribution in [0.1, 0.15) is 25.7 Å². The van der Waals surface area contributed by atoms with Crippen LogP contribution in [-0.2, 0) is 0 Å². The van der Waals surface area contributed by atoms with Crippen molar-refractivity contribution in [3.05, 3.63) is 96.4 Å². The van der Waals surface area contributed by atoms with Gasteiger partial charge in [0.1, 0.15) is 0 Å². The molecule has 5 heteroatoms. The van der Waals surface area contributed by atoms with Crippen molar-refractivity contribution in [2.45, 2.75) is 25.7 Å². The second-order valence-corrected chi connectivity index (χ2v) is 14.1. The average molecular weight is 581 g/mol. The van der Waals surface area contributed by atoms with E-state index in [2.05, 4.69) is 89.8 Å². The number of nitrogens with zero attached hydrogens (tertiary/aromatic N) is 1. The van der Waals surface area contributed by atoms with Gasteiger partial charge >= 0.3 is 220 Å². The molecule has 0 N–H and O–H groups in total. The number of rotatable bonds is 1. The molecule has 4 aromatic carbocycles. The number of fused-ring (bicyclic) bond motifs is 5. The van der Waals surface area contributed by atoms with E-state index in [-0.39, 0.29) is 0 Å². The van der Waals surface area contributed by atoms with Crippen LogP contribution < -0.4 is 43.9 Å². The third kappa shape index (κ3) is 3.09. The molecule has 4 aromatic rings. The maximum absolute atomic E-state index is 6.38. The van der Waals surface area contributed by atoms with Crippen LogP contribution >= 0.6 is 0 Å². The summed E-state index contributed by atoms with van der Waals surface area (Å²) in [7, 11) is 0. The molecule has 0 bridgehead atoms. The fraction of sp³-hybridized carbons (Fsp3) is 0.133. The van der Waals surface area contributed by atoms with Gasteiger partial charge in [0, 0.05) is 0 Å². The van der Waals surface area contributed by atoms with Gasteiger partial charge in [-0.2, -0.15) is 0 Å². The van der Waals surface area contributed by atoms with Crippen molar-refractivity contribution in [3.63, 3.8) is 0 Å². The van der Waals surface area contributed by atoms with Gasteiger partial charge in [0.2, 0.25) is 0 Å². The molecule has 0 saturated carbocycles. The molecule has 2 nitrogen and oxygen atoms in total. The molecule has 0 radical (unpaired) electrons. The molecule has 35 heavy (non-hydrogen) atoms. The zero-order valence-corrected chi connectivity index (χ0v) is 22.6. The van der Waals surface area contributed by atoms with Gasteiger partial charge < -0.3 is 0 Å². The molecule has 0 unspecified atom stereocenters. The van der Waals surface area contributed by atoms with Crippen LogP contribution in [-0.4, -0.2) is 36.6 Å². The van der Waals surface area contributed by atoms with E-state index in [0.29, 0.717) is 36.6 Å². The number of ether oxygens (including phenoxy) is 1. The number of hydrogen-bond donors (Lipinski definition) is 0. The third-order valence-electron chi connectivity index (χ3n) is 7.55. The van der Waals surface area contributed by atoms with Crippen molar-refractivity contribution in [1.82, 2.24) is 0 Å². The van der Waals surface area contributed by atoms with E-state index in [1.807, 2.05) is 0 Å². The molecule has 0 spiro atoms. The van der Waals surface area contributed by atoms with Gasteiger partial charge in [-0.3, -0.25) is 0 Å². The summed E-state index contributed by atoms with van der Waals surface area (Å²) >= 11 is 0.707. The van der Waals surface area contributed by atoms with Crippen LogP contribution in [0.3, 0.4) is 0 Å². The second kappa shape index (κ2) is 7.92. The molecule has 3 aliphatic heterocycles. The number of allylic oxidation sites excluding steroid dienone is 2. The van der Waals surface area contributed by atoms with E-state index in [1.54, 1.807) is 14.4 Å². The van der Waals surface area contributed by atoms with Crippen LogP contribution in [0.5, 0.6) is 5.75 Å². The fourth-order valence-corrected chi connectivity index (χ4v) is 11.3. The van der Waals surface area contributed by atoms with Gasteiger partial charge in [0.15, 0.2) is 0 Å². The van der Waals surface area contributed by atoms with E-state index in [9.17, 15) is 0 Å². The summed E-state index contributed by atoms with van der Waals surface area (Å²) in [5, 5.41) is 0. The summed E-state index contributed by atoms with van der Waals surface area (Å²) in [6.07, 6.45) is 4.55. The molecule has 0 aromatic heterocycles. The zero-order chi connectivity index (χ0) is 22.9. The monoisotopic (exact) mass is 583 g/mol. The van der Waals surface area contributed by atoms with E-state index in [0.717, 1.165) is 24.4 Å². The Morgan fingerprint density at radius 3 is 2.37 bits per heavy atom. The summed E-state index contributed by atoms with van der Waals surface area (Å²) in [4.78, 5) is 2.49. The molecular weight excluding hydrogens is 559 g/mol. The second-order valence-electron chi connectivity index (χ2n) is 9.55. The molecular formula is C30H22BNOSe2. The number of anilines is 2. The molecule has 0 fully saturated rings. The Morgan fingerprint density at radius 1 is 0.686 bits per heavy atom.